The normalized spacial score (nSPS) is 11.0. The van der Waals surface area contributed by atoms with Crippen molar-refractivity contribution in [1.82, 2.24) is 30.6 Å². The Kier molecular flexibility index (Phi) is 3.69. The number of pyridine rings is 1. The number of fused-ring (bicyclic) bond motifs is 1. The number of amides is 1. The van der Waals surface area contributed by atoms with E-state index in [0.717, 1.165) is 12.1 Å². The van der Waals surface area contributed by atoms with Crippen molar-refractivity contribution in [2.75, 3.05) is 0 Å². The van der Waals surface area contributed by atoms with Crippen LogP contribution in [0.25, 0.3) is 22.4 Å². The van der Waals surface area contributed by atoms with Crippen LogP contribution in [0, 0.1) is 11.6 Å². The van der Waals surface area contributed by atoms with E-state index >= 15 is 0 Å². The summed E-state index contributed by atoms with van der Waals surface area (Å²) >= 11 is 0. The molecule has 0 aliphatic rings. The van der Waals surface area contributed by atoms with E-state index in [9.17, 15) is 18.4 Å². The molecule has 4 aromatic rings. The van der Waals surface area contributed by atoms with E-state index in [-0.39, 0.29) is 11.4 Å². The first-order chi connectivity index (χ1) is 13.0. The zero-order valence-corrected chi connectivity index (χ0v) is 13.3. The van der Waals surface area contributed by atoms with Gasteiger partial charge in [0.05, 0.1) is 11.1 Å². The number of tetrazole rings is 1. The minimum absolute atomic E-state index is 0.0396. The van der Waals surface area contributed by atoms with E-state index < -0.39 is 34.5 Å². The maximum atomic E-state index is 14.5. The third-order valence-electron chi connectivity index (χ3n) is 3.96. The van der Waals surface area contributed by atoms with Crippen LogP contribution in [0.15, 0.2) is 30.6 Å². The van der Waals surface area contributed by atoms with Crippen molar-refractivity contribution in [2.24, 2.45) is 5.73 Å². The summed E-state index contributed by atoms with van der Waals surface area (Å²) in [6.07, 6.45) is 2.72. The first-order valence-corrected chi connectivity index (χ1v) is 7.51. The van der Waals surface area contributed by atoms with Crippen LogP contribution < -0.4 is 5.73 Å². The lowest BCUT2D eigenvalue weighted by molar-refractivity contribution is 0.0996. The molecule has 0 fully saturated rings. The third kappa shape index (κ3) is 2.61. The highest BCUT2D eigenvalue weighted by atomic mass is 19.1. The number of halogens is 2. The second-order valence-electron chi connectivity index (χ2n) is 5.54. The van der Waals surface area contributed by atoms with Crippen molar-refractivity contribution in [3.8, 4) is 11.4 Å². The molecule has 0 aliphatic carbocycles. The molecule has 0 saturated heterocycles. The molecule has 1 amide bonds. The molecular formula is C16H9F2N7O2. The van der Waals surface area contributed by atoms with Gasteiger partial charge in [0.15, 0.2) is 0 Å². The van der Waals surface area contributed by atoms with Gasteiger partial charge in [-0.1, -0.05) is 0 Å². The van der Waals surface area contributed by atoms with Gasteiger partial charge < -0.3 is 10.7 Å². The Morgan fingerprint density at radius 1 is 1.15 bits per heavy atom. The van der Waals surface area contributed by atoms with E-state index in [4.69, 9.17) is 5.73 Å². The predicted molar refractivity (Wildman–Crippen MR) is 87.6 cm³/mol. The molecule has 3 heterocycles. The number of nitrogens with zero attached hydrogens (tertiary/aromatic N) is 4. The van der Waals surface area contributed by atoms with Crippen molar-refractivity contribution >= 4 is 22.7 Å². The number of aromatic amines is 2. The maximum Gasteiger partial charge on any atom is 0.251 e. The predicted octanol–water partition coefficient (Wildman–Crippen LogP) is 1.35. The number of ketones is 1. The smallest absolute Gasteiger partial charge is 0.251 e. The second kappa shape index (κ2) is 6.05. The highest BCUT2D eigenvalue weighted by molar-refractivity contribution is 6.17. The van der Waals surface area contributed by atoms with E-state index in [0.29, 0.717) is 16.6 Å². The number of hydrogen-bond donors (Lipinski definition) is 3. The molecule has 9 nitrogen and oxygen atoms in total. The van der Waals surface area contributed by atoms with Crippen LogP contribution in [0.2, 0.25) is 0 Å². The molecule has 0 bridgehead atoms. The summed E-state index contributed by atoms with van der Waals surface area (Å²) < 4.78 is 28.7. The highest BCUT2D eigenvalue weighted by Gasteiger charge is 2.26. The maximum absolute atomic E-state index is 14.5. The van der Waals surface area contributed by atoms with Gasteiger partial charge in [0.2, 0.25) is 11.6 Å². The van der Waals surface area contributed by atoms with Gasteiger partial charge in [-0.15, -0.1) is 10.2 Å². The molecular weight excluding hydrogens is 360 g/mol. The summed E-state index contributed by atoms with van der Waals surface area (Å²) in [5.74, 6) is -4.27. The lowest BCUT2D eigenvalue weighted by atomic mass is 9.99. The zero-order chi connectivity index (χ0) is 19.1. The highest BCUT2D eigenvalue weighted by Crippen LogP contribution is 2.26. The Morgan fingerprint density at radius 3 is 2.67 bits per heavy atom. The Morgan fingerprint density at radius 2 is 1.96 bits per heavy atom. The summed E-state index contributed by atoms with van der Waals surface area (Å²) in [7, 11) is 0. The number of nitrogens with two attached hydrogens (primary N) is 1. The number of benzene rings is 1. The van der Waals surface area contributed by atoms with Crippen LogP contribution in [-0.2, 0) is 0 Å². The molecule has 0 atom stereocenters. The molecule has 134 valence electrons. The lowest BCUT2D eigenvalue weighted by Crippen LogP contribution is -2.17. The zero-order valence-electron chi connectivity index (χ0n) is 13.3. The summed E-state index contributed by atoms with van der Waals surface area (Å²) in [6, 6.07) is 3.23. The molecule has 4 N–H and O–H groups in total. The summed E-state index contributed by atoms with van der Waals surface area (Å²) in [4.78, 5) is 31.0. The average Bonchev–Trinajstić information content (AvgIpc) is 3.30. The Hall–Kier alpha value is -4.02. The van der Waals surface area contributed by atoms with Crippen LogP contribution >= 0.6 is 0 Å². The van der Waals surface area contributed by atoms with Crippen molar-refractivity contribution in [2.45, 2.75) is 0 Å². The van der Waals surface area contributed by atoms with Gasteiger partial charge in [-0.25, -0.2) is 13.8 Å². The van der Waals surface area contributed by atoms with Gasteiger partial charge in [0.25, 0.3) is 5.91 Å². The fourth-order valence-electron chi connectivity index (χ4n) is 2.68. The first kappa shape index (κ1) is 16.4. The van der Waals surface area contributed by atoms with Gasteiger partial charge in [0.1, 0.15) is 17.3 Å². The van der Waals surface area contributed by atoms with E-state index in [2.05, 4.69) is 30.6 Å². The van der Waals surface area contributed by atoms with Crippen molar-refractivity contribution in [1.29, 1.82) is 0 Å². The molecule has 4 rings (SSSR count). The van der Waals surface area contributed by atoms with Crippen LogP contribution in [0.1, 0.15) is 26.3 Å². The molecule has 3 aromatic heterocycles. The SMILES string of the molecule is NC(=O)c1ccc(F)c(C(=O)c2c[nH]c3ncc(-c4nn[nH]n4)cc23)c1F. The Balaban J connectivity index is 1.88. The topological polar surface area (TPSA) is 143 Å². The molecule has 0 radical (unpaired) electrons. The average molecular weight is 369 g/mol. The number of H-pyrrole nitrogens is 2. The number of hydrogen-bond acceptors (Lipinski definition) is 6. The van der Waals surface area contributed by atoms with Crippen molar-refractivity contribution in [3.63, 3.8) is 0 Å². The molecule has 11 heteroatoms. The van der Waals surface area contributed by atoms with Gasteiger partial charge in [0, 0.05) is 28.9 Å². The largest absolute Gasteiger partial charge is 0.366 e. The van der Waals surface area contributed by atoms with Gasteiger partial charge in [-0.3, -0.25) is 9.59 Å². The quantitative estimate of drug-likeness (QED) is 0.463. The van der Waals surface area contributed by atoms with Gasteiger partial charge >= 0.3 is 0 Å². The number of carbonyl (C=O) groups excluding carboxylic acids is 2. The van der Waals surface area contributed by atoms with E-state index in [1.807, 2.05) is 0 Å². The fourth-order valence-corrected chi connectivity index (χ4v) is 2.68. The number of carbonyl (C=O) groups is 2. The van der Waals surface area contributed by atoms with Crippen LogP contribution in [-0.4, -0.2) is 42.3 Å². The first-order valence-electron chi connectivity index (χ1n) is 7.51. The molecule has 0 aliphatic heterocycles. The molecule has 0 spiro atoms. The molecule has 0 unspecified atom stereocenters. The Labute approximate surface area is 148 Å². The second-order valence-corrected chi connectivity index (χ2v) is 5.54. The monoisotopic (exact) mass is 369 g/mol. The lowest BCUT2D eigenvalue weighted by Gasteiger charge is -2.07. The third-order valence-corrected chi connectivity index (χ3v) is 3.96. The van der Waals surface area contributed by atoms with Crippen LogP contribution in [0.3, 0.4) is 0 Å². The standard InChI is InChI=1S/C16H9F2N7O2/c17-10-2-1-7(14(19)27)12(18)11(10)13(26)9-5-21-16-8(9)3-6(4-20-16)15-22-24-25-23-15/h1-5H,(H2,19,27)(H,20,21)(H,22,23,24,25). The van der Waals surface area contributed by atoms with Crippen LogP contribution in [0.4, 0.5) is 8.78 Å². The van der Waals surface area contributed by atoms with E-state index in [1.165, 1.54) is 18.5 Å². The molecule has 27 heavy (non-hydrogen) atoms. The van der Waals surface area contributed by atoms with Crippen molar-refractivity contribution in [3.05, 3.63) is 58.9 Å². The fraction of sp³-hybridized carbons (Fsp3) is 0. The number of nitrogens with one attached hydrogen (secondary N) is 2. The minimum atomic E-state index is -1.32. The summed E-state index contributed by atoms with van der Waals surface area (Å²) in [5.41, 5.74) is 4.33. The van der Waals surface area contributed by atoms with Gasteiger partial charge in [-0.2, -0.15) is 5.21 Å². The Bertz CT molecular complexity index is 1200. The number of primary amides is 1. The molecule has 1 aromatic carbocycles. The molecule has 0 saturated carbocycles. The number of rotatable bonds is 4. The summed E-state index contributed by atoms with van der Waals surface area (Å²) in [6.45, 7) is 0. The number of aromatic nitrogens is 6. The van der Waals surface area contributed by atoms with E-state index in [1.54, 1.807) is 0 Å². The minimum Gasteiger partial charge on any atom is -0.366 e. The van der Waals surface area contributed by atoms with Gasteiger partial charge in [-0.05, 0) is 23.4 Å². The van der Waals surface area contributed by atoms with Crippen molar-refractivity contribution < 1.29 is 18.4 Å². The summed E-state index contributed by atoms with van der Waals surface area (Å²) in [5, 5.41) is 13.7. The van der Waals surface area contributed by atoms with Crippen LogP contribution in [0.5, 0.6) is 0 Å².